The number of aryl methyl sites for hydroxylation is 2. The molecule has 0 saturated heterocycles. The Bertz CT molecular complexity index is 403. The molecule has 0 atom stereocenters. The first kappa shape index (κ1) is 8.04. The van der Waals surface area contributed by atoms with Crippen molar-refractivity contribution in [2.45, 2.75) is 13.3 Å². The Morgan fingerprint density at radius 3 is 2.85 bits per heavy atom. The van der Waals surface area contributed by atoms with Gasteiger partial charge in [0.15, 0.2) is 0 Å². The van der Waals surface area contributed by atoms with Crippen molar-refractivity contribution in [2.75, 3.05) is 0 Å². The number of nitrogens with zero attached hydrogens (tertiary/aromatic N) is 1. The van der Waals surface area contributed by atoms with E-state index < -0.39 is 11.9 Å². The Morgan fingerprint density at radius 2 is 2.15 bits per heavy atom. The molecule has 0 aliphatic carbocycles. The summed E-state index contributed by atoms with van der Waals surface area (Å²) in [5.41, 5.74) is 2.15. The fraction of sp³-hybridized carbons (Fsp3) is 0.333. The van der Waals surface area contributed by atoms with Crippen LogP contribution in [0.15, 0.2) is 6.20 Å². The molecule has 1 aromatic heterocycles. The van der Waals surface area contributed by atoms with Gasteiger partial charge in [-0.25, -0.2) is 4.79 Å². The fourth-order valence-corrected chi connectivity index (χ4v) is 1.66. The van der Waals surface area contributed by atoms with Crippen LogP contribution in [0.4, 0.5) is 0 Å². The SMILES string of the molecule is Cc1cn(C)c2c1C(=O)OC(=O)C2. The maximum atomic E-state index is 11.3. The van der Waals surface area contributed by atoms with Gasteiger partial charge in [0.1, 0.15) is 0 Å². The molecule has 0 aromatic carbocycles. The van der Waals surface area contributed by atoms with Crippen LogP contribution in [-0.4, -0.2) is 16.5 Å². The zero-order chi connectivity index (χ0) is 9.59. The molecule has 0 fully saturated rings. The number of carbonyl (C=O) groups excluding carboxylic acids is 2. The van der Waals surface area contributed by atoms with Crippen molar-refractivity contribution >= 4 is 11.9 Å². The van der Waals surface area contributed by atoms with Crippen molar-refractivity contribution in [2.24, 2.45) is 7.05 Å². The summed E-state index contributed by atoms with van der Waals surface area (Å²) in [5, 5.41) is 0. The third-order valence-electron chi connectivity index (χ3n) is 2.22. The number of ether oxygens (including phenoxy) is 1. The highest BCUT2D eigenvalue weighted by atomic mass is 16.6. The highest BCUT2D eigenvalue weighted by molar-refractivity contribution is 6.03. The van der Waals surface area contributed by atoms with Gasteiger partial charge in [-0.05, 0) is 12.5 Å². The summed E-state index contributed by atoms with van der Waals surface area (Å²) in [5.74, 6) is -0.997. The van der Waals surface area contributed by atoms with E-state index in [-0.39, 0.29) is 6.42 Å². The highest BCUT2D eigenvalue weighted by Crippen LogP contribution is 2.21. The zero-order valence-corrected chi connectivity index (χ0v) is 7.46. The van der Waals surface area contributed by atoms with E-state index in [1.165, 1.54) is 0 Å². The molecule has 0 saturated carbocycles. The normalized spacial score (nSPS) is 15.5. The van der Waals surface area contributed by atoms with Gasteiger partial charge in [-0.15, -0.1) is 0 Å². The minimum Gasteiger partial charge on any atom is -0.389 e. The lowest BCUT2D eigenvalue weighted by Gasteiger charge is -2.11. The summed E-state index contributed by atoms with van der Waals surface area (Å²) in [7, 11) is 1.82. The van der Waals surface area contributed by atoms with Crippen LogP contribution in [0.5, 0.6) is 0 Å². The van der Waals surface area contributed by atoms with E-state index in [0.717, 1.165) is 11.3 Å². The Morgan fingerprint density at radius 1 is 1.46 bits per heavy atom. The Labute approximate surface area is 75.1 Å². The second kappa shape index (κ2) is 2.45. The molecular weight excluding hydrogens is 170 g/mol. The van der Waals surface area contributed by atoms with E-state index in [1.807, 2.05) is 20.2 Å². The van der Waals surface area contributed by atoms with Gasteiger partial charge in [-0.2, -0.15) is 0 Å². The number of fused-ring (bicyclic) bond motifs is 1. The molecule has 4 nitrogen and oxygen atoms in total. The van der Waals surface area contributed by atoms with Gasteiger partial charge in [-0.3, -0.25) is 4.79 Å². The molecule has 68 valence electrons. The summed E-state index contributed by atoms with van der Waals surface area (Å²) < 4.78 is 6.31. The predicted octanol–water partition coefficient (Wildman–Crippen LogP) is 0.573. The Balaban J connectivity index is 2.64. The van der Waals surface area contributed by atoms with Crippen molar-refractivity contribution in [1.29, 1.82) is 0 Å². The maximum Gasteiger partial charge on any atom is 0.347 e. The van der Waals surface area contributed by atoms with Crippen LogP contribution in [0, 0.1) is 6.92 Å². The quantitative estimate of drug-likeness (QED) is 0.432. The first-order chi connectivity index (χ1) is 6.09. The van der Waals surface area contributed by atoms with Crippen LogP contribution >= 0.6 is 0 Å². The van der Waals surface area contributed by atoms with Crippen molar-refractivity contribution in [3.05, 3.63) is 23.0 Å². The van der Waals surface area contributed by atoms with Crippen LogP contribution < -0.4 is 0 Å². The summed E-state index contributed by atoms with van der Waals surface area (Å²) in [4.78, 5) is 22.2. The number of rotatable bonds is 0. The molecule has 0 N–H and O–H groups in total. The van der Waals surface area contributed by atoms with Crippen LogP contribution in [-0.2, 0) is 23.0 Å². The molecule has 2 heterocycles. The molecule has 2 rings (SSSR count). The number of hydrogen-bond acceptors (Lipinski definition) is 3. The van der Waals surface area contributed by atoms with Gasteiger partial charge in [0.2, 0.25) is 0 Å². The third kappa shape index (κ3) is 1.06. The van der Waals surface area contributed by atoms with Crippen LogP contribution in [0.25, 0.3) is 0 Å². The molecule has 0 spiro atoms. The minimum absolute atomic E-state index is 0.186. The molecular formula is C9H9NO3. The molecule has 1 aliphatic heterocycles. The van der Waals surface area contributed by atoms with E-state index in [4.69, 9.17) is 0 Å². The van der Waals surface area contributed by atoms with E-state index in [0.29, 0.717) is 5.56 Å². The standard InChI is InChI=1S/C9H9NO3/c1-5-4-10(2)6-3-7(11)13-9(12)8(5)6/h4H,3H2,1-2H3. The summed E-state index contributed by atoms with van der Waals surface area (Å²) in [6, 6.07) is 0. The zero-order valence-electron chi connectivity index (χ0n) is 7.46. The van der Waals surface area contributed by atoms with E-state index in [1.54, 1.807) is 4.57 Å². The van der Waals surface area contributed by atoms with Crippen LogP contribution in [0.3, 0.4) is 0 Å². The molecule has 0 amide bonds. The number of carbonyl (C=O) groups is 2. The van der Waals surface area contributed by atoms with E-state index in [2.05, 4.69) is 4.74 Å². The van der Waals surface area contributed by atoms with Gasteiger partial charge in [0, 0.05) is 18.9 Å². The molecule has 0 unspecified atom stereocenters. The third-order valence-corrected chi connectivity index (χ3v) is 2.22. The topological polar surface area (TPSA) is 48.3 Å². The molecule has 1 aliphatic rings. The number of cyclic esters (lactones) is 2. The monoisotopic (exact) mass is 179 g/mol. The Kier molecular flexibility index (Phi) is 1.52. The average molecular weight is 179 g/mol. The van der Waals surface area contributed by atoms with Crippen molar-refractivity contribution in [3.8, 4) is 0 Å². The van der Waals surface area contributed by atoms with Gasteiger partial charge in [0.25, 0.3) is 0 Å². The van der Waals surface area contributed by atoms with Gasteiger partial charge in [0.05, 0.1) is 12.0 Å². The Hall–Kier alpha value is -1.58. The lowest BCUT2D eigenvalue weighted by molar-refractivity contribution is -0.137. The van der Waals surface area contributed by atoms with Gasteiger partial charge < -0.3 is 9.30 Å². The second-order valence-corrected chi connectivity index (χ2v) is 3.18. The van der Waals surface area contributed by atoms with Gasteiger partial charge in [-0.1, -0.05) is 0 Å². The van der Waals surface area contributed by atoms with Crippen molar-refractivity contribution in [3.63, 3.8) is 0 Å². The second-order valence-electron chi connectivity index (χ2n) is 3.18. The smallest absolute Gasteiger partial charge is 0.347 e. The summed E-state index contributed by atoms with van der Waals surface area (Å²) in [6.07, 6.45) is 2.01. The first-order valence-electron chi connectivity index (χ1n) is 3.99. The summed E-state index contributed by atoms with van der Waals surface area (Å²) in [6.45, 7) is 1.83. The van der Waals surface area contributed by atoms with Crippen molar-refractivity contribution < 1.29 is 14.3 Å². The average Bonchev–Trinajstić information content (AvgIpc) is 2.27. The molecule has 1 aromatic rings. The lowest BCUT2D eigenvalue weighted by atomic mass is 10.1. The number of esters is 2. The van der Waals surface area contributed by atoms with E-state index >= 15 is 0 Å². The maximum absolute atomic E-state index is 11.3. The van der Waals surface area contributed by atoms with Gasteiger partial charge >= 0.3 is 11.9 Å². The first-order valence-corrected chi connectivity index (χ1v) is 3.99. The number of hydrogen-bond donors (Lipinski definition) is 0. The molecule has 0 radical (unpaired) electrons. The molecule has 4 heteroatoms. The predicted molar refractivity (Wildman–Crippen MR) is 44.3 cm³/mol. The molecule has 13 heavy (non-hydrogen) atoms. The van der Waals surface area contributed by atoms with Crippen LogP contribution in [0.2, 0.25) is 0 Å². The summed E-state index contributed by atoms with van der Waals surface area (Å²) >= 11 is 0. The minimum atomic E-state index is -0.524. The highest BCUT2D eigenvalue weighted by Gasteiger charge is 2.28. The van der Waals surface area contributed by atoms with Crippen LogP contribution in [0.1, 0.15) is 21.6 Å². The van der Waals surface area contributed by atoms with Crippen molar-refractivity contribution in [1.82, 2.24) is 4.57 Å². The molecule has 0 bridgehead atoms. The van der Waals surface area contributed by atoms with E-state index in [9.17, 15) is 9.59 Å². The fourth-order valence-electron chi connectivity index (χ4n) is 1.66. The lowest BCUT2D eigenvalue weighted by Crippen LogP contribution is -2.23. The largest absolute Gasteiger partial charge is 0.389 e. The number of aromatic nitrogens is 1.